The van der Waals surface area contributed by atoms with E-state index < -0.39 is 10.9 Å². The summed E-state index contributed by atoms with van der Waals surface area (Å²) in [5.74, 6) is -0.849. The van der Waals surface area contributed by atoms with Crippen molar-refractivity contribution in [2.24, 2.45) is 0 Å². The van der Waals surface area contributed by atoms with Crippen molar-refractivity contribution in [1.29, 1.82) is 0 Å². The van der Waals surface area contributed by atoms with Crippen LogP contribution < -0.4 is 0 Å². The fraction of sp³-hybridized carbons (Fsp3) is 0.176. The van der Waals surface area contributed by atoms with Crippen LogP contribution in [0.25, 0.3) is 0 Å². The molecule has 0 amide bonds. The van der Waals surface area contributed by atoms with E-state index in [0.29, 0.717) is 17.5 Å². The number of carboxylic acid groups (broad SMARTS) is 1. The lowest BCUT2D eigenvalue weighted by atomic mass is 10.0. The third kappa shape index (κ3) is 6.09. The molecule has 0 saturated carbocycles. The van der Waals surface area contributed by atoms with Crippen molar-refractivity contribution in [2.75, 3.05) is 0 Å². The van der Waals surface area contributed by atoms with Gasteiger partial charge in [0.05, 0.1) is 4.92 Å². The molecule has 0 fully saturated rings. The van der Waals surface area contributed by atoms with E-state index in [1.165, 1.54) is 24.3 Å². The molecule has 0 aliphatic carbocycles. The van der Waals surface area contributed by atoms with Gasteiger partial charge >= 0.3 is 5.97 Å². The first-order valence-corrected chi connectivity index (χ1v) is 7.01. The molecule has 0 aromatic heterocycles. The van der Waals surface area contributed by atoms with Crippen molar-refractivity contribution >= 4 is 17.4 Å². The molecule has 0 heterocycles. The molecule has 6 nitrogen and oxygen atoms in total. The Kier molecular flexibility index (Phi) is 7.13. The Morgan fingerprint density at radius 3 is 1.91 bits per heavy atom. The van der Waals surface area contributed by atoms with E-state index >= 15 is 0 Å². The van der Waals surface area contributed by atoms with Gasteiger partial charge in [-0.05, 0) is 18.6 Å². The fourth-order valence-electron chi connectivity index (χ4n) is 1.70. The molecule has 23 heavy (non-hydrogen) atoms. The summed E-state index contributed by atoms with van der Waals surface area (Å²) in [6.07, 6.45) is 1.02. The van der Waals surface area contributed by atoms with Crippen LogP contribution in [0.2, 0.25) is 0 Å². The highest BCUT2D eigenvalue weighted by Crippen LogP contribution is 2.15. The Labute approximate surface area is 133 Å². The second-order valence-corrected chi connectivity index (χ2v) is 4.64. The number of nitro benzene ring substituents is 1. The normalized spacial score (nSPS) is 9.43. The Morgan fingerprint density at radius 2 is 1.52 bits per heavy atom. The van der Waals surface area contributed by atoms with Gasteiger partial charge < -0.3 is 5.11 Å². The van der Waals surface area contributed by atoms with Gasteiger partial charge in [-0.25, -0.2) is 0 Å². The summed E-state index contributed by atoms with van der Waals surface area (Å²) in [5.41, 5.74) is 0.998. The number of carboxylic acids is 1. The first-order chi connectivity index (χ1) is 11.0. The largest absolute Gasteiger partial charge is 0.481 e. The zero-order chi connectivity index (χ0) is 17.2. The maximum absolute atomic E-state index is 12.0. The molecular formula is C17H17NO5. The first kappa shape index (κ1) is 18.0. The Balaban J connectivity index is 0.000000379. The Hall–Kier alpha value is -3.02. The number of non-ortho nitro benzene ring substituents is 1. The number of nitrogens with zero attached hydrogens (tertiary/aromatic N) is 1. The summed E-state index contributed by atoms with van der Waals surface area (Å²) in [6.45, 7) is 1.84. The predicted molar refractivity (Wildman–Crippen MR) is 85.5 cm³/mol. The minimum Gasteiger partial charge on any atom is -0.481 e. The standard InChI is InChI=1S/C13H9NO3.C4H8O2/c15-13(10-4-2-1-3-5-10)11-6-8-12(9-7-11)14(16)17;1-2-3-4(5)6/h1-9H;2-3H2,1H3,(H,5,6). The van der Waals surface area contributed by atoms with Crippen LogP contribution in [0.5, 0.6) is 0 Å². The third-order valence-electron chi connectivity index (χ3n) is 2.84. The number of rotatable bonds is 5. The molecule has 0 unspecified atom stereocenters. The number of hydrogen-bond acceptors (Lipinski definition) is 4. The second-order valence-electron chi connectivity index (χ2n) is 4.64. The van der Waals surface area contributed by atoms with E-state index in [0.717, 1.165) is 6.42 Å². The number of nitro groups is 1. The number of carbonyl (C=O) groups is 2. The maximum Gasteiger partial charge on any atom is 0.303 e. The minimum absolute atomic E-state index is 0.0189. The molecule has 0 bridgehead atoms. The molecule has 2 aromatic carbocycles. The second kappa shape index (κ2) is 9.09. The zero-order valence-electron chi connectivity index (χ0n) is 12.6. The van der Waals surface area contributed by atoms with Crippen molar-refractivity contribution in [3.05, 3.63) is 75.8 Å². The Morgan fingerprint density at radius 1 is 1.00 bits per heavy atom. The molecular weight excluding hydrogens is 298 g/mol. The number of ketones is 1. The van der Waals surface area contributed by atoms with Gasteiger partial charge in [0.2, 0.25) is 0 Å². The van der Waals surface area contributed by atoms with Crippen LogP contribution in [0.4, 0.5) is 5.69 Å². The quantitative estimate of drug-likeness (QED) is 0.515. The van der Waals surface area contributed by atoms with Gasteiger partial charge in [0.1, 0.15) is 0 Å². The Bertz CT molecular complexity index is 665. The highest BCUT2D eigenvalue weighted by molar-refractivity contribution is 6.09. The molecule has 0 radical (unpaired) electrons. The zero-order valence-corrected chi connectivity index (χ0v) is 12.6. The molecule has 2 aromatic rings. The van der Waals surface area contributed by atoms with E-state index in [1.807, 2.05) is 13.0 Å². The molecule has 2 rings (SSSR count). The van der Waals surface area contributed by atoms with Crippen LogP contribution in [0.1, 0.15) is 35.7 Å². The summed E-state index contributed by atoms with van der Waals surface area (Å²) in [7, 11) is 0. The summed E-state index contributed by atoms with van der Waals surface area (Å²) < 4.78 is 0. The van der Waals surface area contributed by atoms with E-state index in [-0.39, 0.29) is 11.5 Å². The monoisotopic (exact) mass is 315 g/mol. The van der Waals surface area contributed by atoms with Gasteiger partial charge in [-0.15, -0.1) is 0 Å². The highest BCUT2D eigenvalue weighted by Gasteiger charge is 2.10. The molecule has 6 heteroatoms. The van der Waals surface area contributed by atoms with Crippen LogP contribution in [-0.4, -0.2) is 21.8 Å². The molecule has 0 aliphatic rings. The van der Waals surface area contributed by atoms with Crippen molar-refractivity contribution in [2.45, 2.75) is 19.8 Å². The SMILES string of the molecule is CCCC(=O)O.O=C(c1ccccc1)c1ccc([N+](=O)[O-])cc1. The summed E-state index contributed by atoms with van der Waals surface area (Å²) in [6, 6.07) is 14.4. The van der Waals surface area contributed by atoms with Crippen molar-refractivity contribution < 1.29 is 19.6 Å². The average Bonchev–Trinajstić information content (AvgIpc) is 2.55. The molecule has 0 saturated heterocycles. The van der Waals surface area contributed by atoms with E-state index in [2.05, 4.69) is 0 Å². The lowest BCUT2D eigenvalue weighted by molar-refractivity contribution is -0.384. The van der Waals surface area contributed by atoms with Crippen molar-refractivity contribution in [3.63, 3.8) is 0 Å². The summed E-state index contributed by atoms with van der Waals surface area (Å²) in [4.78, 5) is 31.5. The van der Waals surface area contributed by atoms with Crippen LogP contribution in [0, 0.1) is 10.1 Å². The average molecular weight is 315 g/mol. The molecule has 0 atom stereocenters. The van der Waals surface area contributed by atoms with Gasteiger partial charge in [-0.3, -0.25) is 19.7 Å². The maximum atomic E-state index is 12.0. The van der Waals surface area contributed by atoms with Crippen molar-refractivity contribution in [3.8, 4) is 0 Å². The van der Waals surface area contributed by atoms with Gasteiger partial charge in [0.15, 0.2) is 5.78 Å². The van der Waals surface area contributed by atoms with Crippen LogP contribution >= 0.6 is 0 Å². The molecule has 120 valence electrons. The molecule has 0 aliphatic heterocycles. The van der Waals surface area contributed by atoms with E-state index in [1.54, 1.807) is 24.3 Å². The van der Waals surface area contributed by atoms with E-state index in [9.17, 15) is 19.7 Å². The predicted octanol–water partition coefficient (Wildman–Crippen LogP) is 3.70. The van der Waals surface area contributed by atoms with Gasteiger partial charge in [-0.2, -0.15) is 0 Å². The number of carbonyl (C=O) groups excluding carboxylic acids is 1. The van der Waals surface area contributed by atoms with Crippen molar-refractivity contribution in [1.82, 2.24) is 0 Å². The third-order valence-corrected chi connectivity index (χ3v) is 2.84. The van der Waals surface area contributed by atoms with Crippen LogP contribution in [0.3, 0.4) is 0 Å². The molecule has 1 N–H and O–H groups in total. The van der Waals surface area contributed by atoms with Crippen LogP contribution in [-0.2, 0) is 4.79 Å². The topological polar surface area (TPSA) is 97.5 Å². The van der Waals surface area contributed by atoms with Crippen LogP contribution in [0.15, 0.2) is 54.6 Å². The first-order valence-electron chi connectivity index (χ1n) is 7.01. The summed E-state index contributed by atoms with van der Waals surface area (Å²) >= 11 is 0. The number of aliphatic carboxylic acids is 1. The molecule has 0 spiro atoms. The van der Waals surface area contributed by atoms with Gasteiger partial charge in [0.25, 0.3) is 5.69 Å². The minimum atomic E-state index is -0.711. The summed E-state index contributed by atoms with van der Waals surface area (Å²) in [5, 5.41) is 18.4. The van der Waals surface area contributed by atoms with E-state index in [4.69, 9.17) is 5.11 Å². The lowest BCUT2D eigenvalue weighted by Crippen LogP contribution is -2.00. The number of hydrogen-bond donors (Lipinski definition) is 1. The van der Waals surface area contributed by atoms with Gasteiger partial charge in [0, 0.05) is 29.7 Å². The lowest BCUT2D eigenvalue weighted by Gasteiger charge is -2.00. The number of benzene rings is 2. The highest BCUT2D eigenvalue weighted by atomic mass is 16.6. The van der Waals surface area contributed by atoms with Gasteiger partial charge in [-0.1, -0.05) is 37.3 Å². The smallest absolute Gasteiger partial charge is 0.303 e. The fourth-order valence-corrected chi connectivity index (χ4v) is 1.70.